The van der Waals surface area contributed by atoms with E-state index in [1.807, 2.05) is 0 Å². The summed E-state index contributed by atoms with van der Waals surface area (Å²) in [5.41, 5.74) is 0. The van der Waals surface area contributed by atoms with Gasteiger partial charge in [0.2, 0.25) is 0 Å². The zero-order valence-corrected chi connectivity index (χ0v) is 27.1. The Morgan fingerprint density at radius 1 is 0.553 bits per heavy atom. The molecule has 0 aromatic carbocycles. The average molecular weight is 562 g/mol. The van der Waals surface area contributed by atoms with Gasteiger partial charge in [0.1, 0.15) is 6.23 Å². The van der Waals surface area contributed by atoms with E-state index in [0.717, 1.165) is 38.8 Å². The fraction of sp³-hybridized carbons (Fsp3) is 1.00. The molecule has 2 atom stereocenters. The van der Waals surface area contributed by atoms with E-state index < -0.39 is 7.82 Å². The molecule has 0 fully saturated rings. The lowest BCUT2D eigenvalue weighted by molar-refractivity contribution is -0.00917. The van der Waals surface area contributed by atoms with Crippen LogP contribution in [0.15, 0.2) is 0 Å². The number of phosphoric acid groups is 1. The van der Waals surface area contributed by atoms with Gasteiger partial charge in [-0.3, -0.25) is 13.9 Å². The molecule has 0 rings (SSSR count). The number of unbranched alkanes of at least 4 members (excludes halogenated alkanes) is 20. The van der Waals surface area contributed by atoms with Crippen molar-refractivity contribution >= 4 is 7.82 Å². The highest BCUT2D eigenvalue weighted by Crippen LogP contribution is 2.45. The second-order valence-electron chi connectivity index (χ2n) is 11.4. The van der Waals surface area contributed by atoms with Crippen LogP contribution in [-0.4, -0.2) is 35.7 Å². The predicted molar refractivity (Wildman–Crippen MR) is 166 cm³/mol. The summed E-state index contributed by atoms with van der Waals surface area (Å²) in [6.07, 6.45) is 29.1. The third-order valence-electron chi connectivity index (χ3n) is 7.61. The Hall–Kier alpha value is 0.0700. The SMILES string of the molecule is CCCCCCCCCCN(CCCCCCCCCC)C(CC)OP(=O)(O)OCCCCCCCCC. The van der Waals surface area contributed by atoms with Gasteiger partial charge in [-0.25, -0.2) is 4.57 Å². The highest BCUT2D eigenvalue weighted by Gasteiger charge is 2.29. The molecule has 0 saturated heterocycles. The minimum Gasteiger partial charge on any atom is -0.302 e. The first kappa shape index (κ1) is 38.1. The number of nitrogens with zero attached hydrogens (tertiary/aromatic N) is 1. The topological polar surface area (TPSA) is 59.0 Å². The van der Waals surface area contributed by atoms with Crippen LogP contribution in [-0.2, 0) is 13.6 Å². The molecule has 230 valence electrons. The summed E-state index contributed by atoms with van der Waals surface area (Å²) in [6, 6.07) is 0. The van der Waals surface area contributed by atoms with Crippen molar-refractivity contribution in [3.63, 3.8) is 0 Å². The maximum Gasteiger partial charge on any atom is 0.473 e. The van der Waals surface area contributed by atoms with E-state index in [4.69, 9.17) is 9.05 Å². The van der Waals surface area contributed by atoms with Crippen LogP contribution in [0.2, 0.25) is 0 Å². The van der Waals surface area contributed by atoms with E-state index in [0.29, 0.717) is 13.0 Å². The third-order valence-corrected chi connectivity index (χ3v) is 8.63. The van der Waals surface area contributed by atoms with Crippen LogP contribution in [0.1, 0.15) is 182 Å². The van der Waals surface area contributed by atoms with Gasteiger partial charge in [-0.1, -0.05) is 156 Å². The van der Waals surface area contributed by atoms with Crippen LogP contribution in [0.4, 0.5) is 0 Å². The van der Waals surface area contributed by atoms with Gasteiger partial charge in [-0.05, 0) is 25.7 Å². The number of hydrogen-bond donors (Lipinski definition) is 1. The van der Waals surface area contributed by atoms with Gasteiger partial charge in [-0.15, -0.1) is 0 Å². The summed E-state index contributed by atoms with van der Waals surface area (Å²) in [6.45, 7) is 11.0. The van der Waals surface area contributed by atoms with Gasteiger partial charge in [0.15, 0.2) is 0 Å². The molecule has 0 heterocycles. The van der Waals surface area contributed by atoms with Gasteiger partial charge < -0.3 is 4.89 Å². The van der Waals surface area contributed by atoms with Crippen molar-refractivity contribution in [1.82, 2.24) is 4.90 Å². The van der Waals surface area contributed by atoms with Gasteiger partial charge in [0, 0.05) is 13.1 Å². The Morgan fingerprint density at radius 3 is 1.26 bits per heavy atom. The molecule has 0 aliphatic heterocycles. The smallest absolute Gasteiger partial charge is 0.302 e. The fourth-order valence-electron chi connectivity index (χ4n) is 5.12. The highest BCUT2D eigenvalue weighted by molar-refractivity contribution is 7.47. The molecule has 5 nitrogen and oxygen atoms in total. The van der Waals surface area contributed by atoms with Crippen molar-refractivity contribution in [3.05, 3.63) is 0 Å². The Labute approximate surface area is 238 Å². The molecule has 0 aromatic heterocycles. The summed E-state index contributed by atoms with van der Waals surface area (Å²) in [7, 11) is -4.05. The van der Waals surface area contributed by atoms with Crippen molar-refractivity contribution in [1.29, 1.82) is 0 Å². The average Bonchev–Trinajstić information content (AvgIpc) is 2.90. The molecule has 0 aromatic rings. The van der Waals surface area contributed by atoms with E-state index in [2.05, 4.69) is 32.6 Å². The molecular weight excluding hydrogens is 493 g/mol. The van der Waals surface area contributed by atoms with Gasteiger partial charge in [0.25, 0.3) is 0 Å². The fourth-order valence-corrected chi connectivity index (χ4v) is 6.13. The van der Waals surface area contributed by atoms with Crippen molar-refractivity contribution in [2.75, 3.05) is 19.7 Å². The molecule has 0 amide bonds. The number of hydrogen-bond acceptors (Lipinski definition) is 4. The molecule has 0 bridgehead atoms. The molecular formula is C32H68NO4P. The van der Waals surface area contributed by atoms with E-state index >= 15 is 0 Å². The summed E-state index contributed by atoms with van der Waals surface area (Å²) >= 11 is 0. The Morgan fingerprint density at radius 2 is 0.895 bits per heavy atom. The van der Waals surface area contributed by atoms with Gasteiger partial charge in [0.05, 0.1) is 6.61 Å². The number of phosphoric ester groups is 1. The van der Waals surface area contributed by atoms with Crippen molar-refractivity contribution in [2.45, 2.75) is 188 Å². The normalized spacial score (nSPS) is 14.3. The first-order chi connectivity index (χ1) is 18.5. The molecule has 0 spiro atoms. The van der Waals surface area contributed by atoms with Crippen LogP contribution < -0.4 is 0 Å². The van der Waals surface area contributed by atoms with Crippen LogP contribution in [0.25, 0.3) is 0 Å². The van der Waals surface area contributed by atoms with Crippen molar-refractivity contribution in [2.24, 2.45) is 0 Å². The molecule has 0 aliphatic carbocycles. The van der Waals surface area contributed by atoms with Crippen LogP contribution in [0.3, 0.4) is 0 Å². The molecule has 38 heavy (non-hydrogen) atoms. The van der Waals surface area contributed by atoms with Crippen molar-refractivity contribution < 1.29 is 18.5 Å². The summed E-state index contributed by atoms with van der Waals surface area (Å²) in [5.74, 6) is 0. The first-order valence-corrected chi connectivity index (χ1v) is 18.4. The first-order valence-electron chi connectivity index (χ1n) is 16.9. The molecule has 1 N–H and O–H groups in total. The maximum atomic E-state index is 12.7. The lowest BCUT2D eigenvalue weighted by atomic mass is 10.1. The Kier molecular flexibility index (Phi) is 28.6. The second kappa shape index (κ2) is 28.6. The summed E-state index contributed by atoms with van der Waals surface area (Å²) in [5, 5.41) is 0. The standard InChI is InChI=1S/C32H68NO4P/c1-5-9-12-15-18-20-23-26-29-33(30-27-24-21-19-16-13-10-6-2)32(8-4)37-38(34,35)36-31-28-25-22-17-14-11-7-3/h32H,5-31H2,1-4H3,(H,34,35). The van der Waals surface area contributed by atoms with Crippen LogP contribution in [0, 0.1) is 0 Å². The summed E-state index contributed by atoms with van der Waals surface area (Å²) < 4.78 is 23.9. The van der Waals surface area contributed by atoms with Gasteiger partial charge in [-0.2, -0.15) is 0 Å². The minimum atomic E-state index is -4.05. The number of rotatable bonds is 31. The van der Waals surface area contributed by atoms with Gasteiger partial charge >= 0.3 is 7.82 Å². The Bertz CT molecular complexity index is 500. The third kappa shape index (κ3) is 25.1. The van der Waals surface area contributed by atoms with E-state index in [1.54, 1.807) is 0 Å². The van der Waals surface area contributed by atoms with E-state index in [1.165, 1.54) is 122 Å². The monoisotopic (exact) mass is 561 g/mol. The molecule has 0 saturated carbocycles. The highest BCUT2D eigenvalue weighted by atomic mass is 31.2. The predicted octanol–water partition coefficient (Wildman–Crippen LogP) is 11.2. The Balaban J connectivity index is 4.53. The summed E-state index contributed by atoms with van der Waals surface area (Å²) in [4.78, 5) is 12.8. The molecule has 0 radical (unpaired) electrons. The minimum absolute atomic E-state index is 0.300. The zero-order valence-electron chi connectivity index (χ0n) is 26.2. The molecule has 0 aliphatic rings. The quantitative estimate of drug-likeness (QED) is 0.0518. The second-order valence-corrected chi connectivity index (χ2v) is 12.8. The van der Waals surface area contributed by atoms with E-state index in [9.17, 15) is 9.46 Å². The molecule has 2 unspecified atom stereocenters. The maximum absolute atomic E-state index is 12.7. The van der Waals surface area contributed by atoms with E-state index in [-0.39, 0.29) is 6.23 Å². The van der Waals surface area contributed by atoms with Crippen LogP contribution in [0.5, 0.6) is 0 Å². The zero-order chi connectivity index (χ0) is 28.2. The molecule has 6 heteroatoms. The lowest BCUT2D eigenvalue weighted by Gasteiger charge is -2.32. The largest absolute Gasteiger partial charge is 0.473 e. The van der Waals surface area contributed by atoms with Crippen LogP contribution >= 0.6 is 7.82 Å². The lowest BCUT2D eigenvalue weighted by Crippen LogP contribution is -2.38. The van der Waals surface area contributed by atoms with Crippen molar-refractivity contribution in [3.8, 4) is 0 Å².